The highest BCUT2D eigenvalue weighted by atomic mass is 16.5. The number of aromatic nitrogens is 1. The number of carbonyl (C=O) groups is 2. The highest BCUT2D eigenvalue weighted by molar-refractivity contribution is 5.97. The van der Waals surface area contributed by atoms with E-state index in [1.807, 2.05) is 6.07 Å². The Hall–Kier alpha value is -4.11. The molecule has 1 saturated carbocycles. The summed E-state index contributed by atoms with van der Waals surface area (Å²) in [7, 11) is 0. The molecule has 0 saturated heterocycles. The van der Waals surface area contributed by atoms with E-state index in [-0.39, 0.29) is 25.1 Å². The molecular formula is C21H16N6O3. The van der Waals surface area contributed by atoms with Crippen LogP contribution >= 0.6 is 0 Å². The number of hydrogen-bond acceptors (Lipinski definition) is 6. The first kappa shape index (κ1) is 18.0. The van der Waals surface area contributed by atoms with Crippen molar-refractivity contribution in [3.63, 3.8) is 0 Å². The zero-order chi connectivity index (χ0) is 20.9. The third kappa shape index (κ3) is 2.64. The number of urea groups is 1. The summed E-state index contributed by atoms with van der Waals surface area (Å²) >= 11 is 0. The maximum absolute atomic E-state index is 12.8. The van der Waals surface area contributed by atoms with Gasteiger partial charge in [0, 0.05) is 23.5 Å². The van der Waals surface area contributed by atoms with E-state index in [1.54, 1.807) is 24.3 Å². The van der Waals surface area contributed by atoms with Gasteiger partial charge in [-0.15, -0.1) is 0 Å². The summed E-state index contributed by atoms with van der Waals surface area (Å²) in [5.41, 5.74) is 2.23. The van der Waals surface area contributed by atoms with Gasteiger partial charge < -0.3 is 20.3 Å². The van der Waals surface area contributed by atoms with E-state index in [0.29, 0.717) is 41.1 Å². The quantitative estimate of drug-likeness (QED) is 0.809. The number of nitriles is 2. The van der Waals surface area contributed by atoms with E-state index >= 15 is 0 Å². The van der Waals surface area contributed by atoms with Gasteiger partial charge in [-0.1, -0.05) is 6.07 Å². The second-order valence-corrected chi connectivity index (χ2v) is 7.54. The Kier molecular flexibility index (Phi) is 3.87. The summed E-state index contributed by atoms with van der Waals surface area (Å²) < 4.78 is 5.54. The fourth-order valence-electron chi connectivity index (χ4n) is 4.26. The number of carbonyl (C=O) groups excluding carboxylic acids is 2. The minimum atomic E-state index is -0.620. The Morgan fingerprint density at radius 1 is 1.37 bits per heavy atom. The number of benzene rings is 1. The molecule has 3 heterocycles. The molecule has 1 fully saturated rings. The van der Waals surface area contributed by atoms with E-state index in [9.17, 15) is 14.9 Å². The molecule has 9 nitrogen and oxygen atoms in total. The predicted molar refractivity (Wildman–Crippen MR) is 103 cm³/mol. The van der Waals surface area contributed by atoms with Crippen LogP contribution in [0.25, 0.3) is 0 Å². The fraction of sp³-hybridized carbons (Fsp3) is 0.286. The van der Waals surface area contributed by atoms with Gasteiger partial charge in [-0.25, -0.2) is 4.79 Å². The molecule has 5 rings (SSSR count). The van der Waals surface area contributed by atoms with Crippen LogP contribution < -0.4 is 15.4 Å². The van der Waals surface area contributed by atoms with Crippen molar-refractivity contribution < 1.29 is 14.3 Å². The van der Waals surface area contributed by atoms with E-state index in [1.165, 1.54) is 11.1 Å². The van der Waals surface area contributed by atoms with Crippen molar-refractivity contribution in [3.05, 3.63) is 52.8 Å². The highest BCUT2D eigenvalue weighted by Gasteiger charge is 2.56. The van der Waals surface area contributed by atoms with Crippen molar-refractivity contribution in [1.82, 2.24) is 15.2 Å². The largest absolute Gasteiger partial charge is 0.489 e. The number of anilines is 1. The molecule has 0 unspecified atom stereocenters. The molecule has 30 heavy (non-hydrogen) atoms. The average Bonchev–Trinajstić information content (AvgIpc) is 3.44. The molecule has 1 aliphatic carbocycles. The van der Waals surface area contributed by atoms with Crippen molar-refractivity contribution in [2.24, 2.45) is 0 Å². The topological polar surface area (TPSA) is 131 Å². The van der Waals surface area contributed by atoms with Crippen molar-refractivity contribution in [2.75, 3.05) is 18.5 Å². The molecule has 3 amide bonds. The van der Waals surface area contributed by atoms with Crippen molar-refractivity contribution in [2.45, 2.75) is 24.4 Å². The zero-order valence-electron chi connectivity index (χ0n) is 15.8. The first-order chi connectivity index (χ1) is 14.6. The van der Waals surface area contributed by atoms with Gasteiger partial charge in [0.05, 0.1) is 22.7 Å². The third-order valence-corrected chi connectivity index (χ3v) is 5.76. The maximum atomic E-state index is 12.8. The van der Waals surface area contributed by atoms with Crippen LogP contribution in [0.5, 0.6) is 5.75 Å². The van der Waals surface area contributed by atoms with E-state index < -0.39 is 11.6 Å². The Morgan fingerprint density at radius 2 is 2.20 bits per heavy atom. The Bertz CT molecular complexity index is 1170. The van der Waals surface area contributed by atoms with Crippen LogP contribution in [0, 0.1) is 22.7 Å². The average molecular weight is 400 g/mol. The smallest absolute Gasteiger partial charge is 0.323 e. The number of hydrogen-bond donors (Lipinski definition) is 2. The summed E-state index contributed by atoms with van der Waals surface area (Å²) in [4.78, 5) is 31.3. The lowest BCUT2D eigenvalue weighted by Crippen LogP contribution is -2.52. The number of nitrogens with one attached hydrogen (secondary N) is 2. The number of ether oxygens (including phenoxy) is 1. The Balaban J connectivity index is 1.36. The third-order valence-electron chi connectivity index (χ3n) is 5.76. The zero-order valence-corrected chi connectivity index (χ0v) is 15.8. The van der Waals surface area contributed by atoms with Gasteiger partial charge in [0.1, 0.15) is 36.7 Å². The lowest BCUT2D eigenvalue weighted by molar-refractivity contribution is -0.123. The van der Waals surface area contributed by atoms with E-state index in [2.05, 4.69) is 21.7 Å². The van der Waals surface area contributed by atoms with Crippen molar-refractivity contribution in [1.29, 1.82) is 10.5 Å². The number of rotatable bonds is 3. The standard InChI is InChI=1S/C21H16N6O3/c22-7-12-6-16-19(24-9-12)15(11-30-16)25-17(28)10-27-20(29)26-14-3-1-2-13(8-23)18(14)21(27)4-5-21/h1-3,6,9,15H,4-5,10-11H2,(H,25,28)(H,26,29)/t15-/m1/s1. The lowest BCUT2D eigenvalue weighted by atomic mass is 9.93. The van der Waals surface area contributed by atoms with Gasteiger partial charge in [-0.05, 0) is 25.0 Å². The number of pyridine rings is 1. The molecule has 9 heteroatoms. The second kappa shape index (κ2) is 6.46. The Morgan fingerprint density at radius 3 is 2.93 bits per heavy atom. The predicted octanol–water partition coefficient (Wildman–Crippen LogP) is 1.91. The normalized spacial score (nSPS) is 19.6. The summed E-state index contributed by atoms with van der Waals surface area (Å²) in [6.45, 7) is 0.0643. The summed E-state index contributed by atoms with van der Waals surface area (Å²) in [5.74, 6) is 0.128. The fourth-order valence-corrected chi connectivity index (χ4v) is 4.26. The van der Waals surface area contributed by atoms with Crippen LogP contribution in [-0.2, 0) is 10.3 Å². The van der Waals surface area contributed by atoms with Crippen LogP contribution in [0.2, 0.25) is 0 Å². The van der Waals surface area contributed by atoms with Gasteiger partial charge in [0.25, 0.3) is 0 Å². The van der Waals surface area contributed by atoms with Crippen LogP contribution in [-0.4, -0.2) is 35.0 Å². The molecule has 0 radical (unpaired) electrons. The molecule has 1 atom stereocenters. The van der Waals surface area contributed by atoms with Gasteiger partial charge in [-0.2, -0.15) is 10.5 Å². The number of fused-ring (bicyclic) bond motifs is 3. The second-order valence-electron chi connectivity index (χ2n) is 7.54. The van der Waals surface area contributed by atoms with E-state index in [0.717, 1.165) is 5.56 Å². The van der Waals surface area contributed by atoms with Crippen LogP contribution in [0.15, 0.2) is 30.5 Å². The van der Waals surface area contributed by atoms with Crippen LogP contribution in [0.4, 0.5) is 10.5 Å². The molecule has 148 valence electrons. The maximum Gasteiger partial charge on any atom is 0.323 e. The van der Waals surface area contributed by atoms with Gasteiger partial charge in [0.15, 0.2) is 0 Å². The van der Waals surface area contributed by atoms with Crippen LogP contribution in [0.3, 0.4) is 0 Å². The molecule has 2 N–H and O–H groups in total. The molecule has 1 aromatic carbocycles. The van der Waals surface area contributed by atoms with Crippen LogP contribution in [0.1, 0.15) is 41.3 Å². The first-order valence-electron chi connectivity index (χ1n) is 9.50. The minimum Gasteiger partial charge on any atom is -0.489 e. The molecule has 2 aromatic rings. The van der Waals surface area contributed by atoms with Crippen molar-refractivity contribution in [3.8, 4) is 17.9 Å². The Labute approximate surface area is 171 Å². The molecule has 2 aliphatic heterocycles. The summed E-state index contributed by atoms with van der Waals surface area (Å²) in [5, 5.41) is 24.1. The molecular weight excluding hydrogens is 384 g/mol. The van der Waals surface area contributed by atoms with E-state index in [4.69, 9.17) is 10.00 Å². The SMILES string of the molecule is N#Cc1cnc2c(c1)OC[C@H]2NC(=O)CN1C(=O)Nc2cccc(C#N)c2C12CC2. The first-order valence-corrected chi connectivity index (χ1v) is 9.50. The van der Waals surface area contributed by atoms with Gasteiger partial charge in [-0.3, -0.25) is 9.78 Å². The van der Waals surface area contributed by atoms with Crippen molar-refractivity contribution >= 4 is 17.6 Å². The summed E-state index contributed by atoms with van der Waals surface area (Å²) in [6, 6.07) is 10.2. The highest BCUT2D eigenvalue weighted by Crippen LogP contribution is 2.56. The minimum absolute atomic E-state index is 0.146. The monoisotopic (exact) mass is 400 g/mol. The van der Waals surface area contributed by atoms with Gasteiger partial charge >= 0.3 is 6.03 Å². The summed E-state index contributed by atoms with van der Waals surface area (Å²) in [6.07, 6.45) is 2.84. The number of amides is 3. The van der Waals surface area contributed by atoms with Gasteiger partial charge in [0.2, 0.25) is 5.91 Å². The molecule has 1 aromatic heterocycles. The molecule has 3 aliphatic rings. The lowest BCUT2D eigenvalue weighted by Gasteiger charge is -2.38. The molecule has 0 bridgehead atoms. The molecule has 1 spiro atoms. The number of nitrogens with zero attached hydrogens (tertiary/aromatic N) is 4.